The van der Waals surface area contributed by atoms with Crippen molar-refractivity contribution < 1.29 is 9.59 Å². The number of nitrogens with zero attached hydrogens (tertiary/aromatic N) is 2. The number of aryl methyl sites for hydroxylation is 2. The van der Waals surface area contributed by atoms with Gasteiger partial charge in [-0.05, 0) is 37.1 Å². The van der Waals surface area contributed by atoms with Crippen LogP contribution in [-0.2, 0) is 12.8 Å². The number of carbonyl (C=O) groups is 2. The van der Waals surface area contributed by atoms with E-state index in [-0.39, 0.29) is 24.4 Å². The first kappa shape index (κ1) is 19.6. The molecule has 0 fully saturated rings. The summed E-state index contributed by atoms with van der Waals surface area (Å²) in [5, 5.41) is 0. The van der Waals surface area contributed by atoms with Gasteiger partial charge in [0.2, 0.25) is 0 Å². The smallest absolute Gasteiger partial charge is 0.168 e. The number of hydrogen-bond donors (Lipinski definition) is 0. The Balaban J connectivity index is 1.75. The Kier molecular flexibility index (Phi) is 5.48. The van der Waals surface area contributed by atoms with Crippen molar-refractivity contribution in [1.82, 2.24) is 9.97 Å². The highest BCUT2D eigenvalue weighted by molar-refractivity contribution is 5.99. The van der Waals surface area contributed by atoms with E-state index in [1.165, 1.54) is 0 Å². The third-order valence-corrected chi connectivity index (χ3v) is 5.28. The Hall–Kier alpha value is -3.66. The molecule has 148 valence electrons. The van der Waals surface area contributed by atoms with E-state index in [1.54, 1.807) is 24.3 Å². The molecule has 4 aromatic rings. The number of carbonyl (C=O) groups excluding carboxylic acids is 2. The predicted octanol–water partition coefficient (Wildman–Crippen LogP) is 5.10. The Labute approximate surface area is 175 Å². The molecule has 4 nitrogen and oxygen atoms in total. The van der Waals surface area contributed by atoms with Crippen molar-refractivity contribution in [2.45, 2.75) is 26.7 Å². The molecular formula is C26H22N2O2. The van der Waals surface area contributed by atoms with Crippen LogP contribution in [0.2, 0.25) is 0 Å². The molecule has 30 heavy (non-hydrogen) atoms. The third-order valence-electron chi connectivity index (χ3n) is 5.28. The van der Waals surface area contributed by atoms with Crippen LogP contribution < -0.4 is 0 Å². The first-order chi connectivity index (χ1) is 14.5. The van der Waals surface area contributed by atoms with Crippen LogP contribution in [0.25, 0.3) is 11.0 Å². The molecule has 0 bridgehead atoms. The molecule has 0 saturated carbocycles. The molecule has 0 radical (unpaired) electrons. The summed E-state index contributed by atoms with van der Waals surface area (Å²) < 4.78 is 0. The van der Waals surface area contributed by atoms with E-state index in [9.17, 15) is 9.59 Å². The summed E-state index contributed by atoms with van der Waals surface area (Å²) >= 11 is 0. The minimum atomic E-state index is -0.0403. The third kappa shape index (κ3) is 4.18. The maximum Gasteiger partial charge on any atom is 0.168 e. The zero-order valence-corrected chi connectivity index (χ0v) is 17.1. The maximum atomic E-state index is 12.8. The van der Waals surface area contributed by atoms with Gasteiger partial charge in [-0.15, -0.1) is 0 Å². The SMILES string of the molecule is Cc1cc2nc(CC(=O)c3ccccc3)c(CC(=O)c3ccccc3)nc2cc1C. The van der Waals surface area contributed by atoms with Gasteiger partial charge in [-0.2, -0.15) is 0 Å². The molecule has 3 aromatic carbocycles. The van der Waals surface area contributed by atoms with Crippen molar-refractivity contribution in [1.29, 1.82) is 0 Å². The average molecular weight is 394 g/mol. The fourth-order valence-electron chi connectivity index (χ4n) is 3.42. The normalized spacial score (nSPS) is 10.9. The average Bonchev–Trinajstić information content (AvgIpc) is 2.76. The van der Waals surface area contributed by atoms with Crippen LogP contribution in [0.5, 0.6) is 0 Å². The second kappa shape index (κ2) is 8.37. The van der Waals surface area contributed by atoms with Gasteiger partial charge in [-0.1, -0.05) is 60.7 Å². The lowest BCUT2D eigenvalue weighted by atomic mass is 10.0. The molecule has 0 aliphatic carbocycles. The van der Waals surface area contributed by atoms with E-state index in [1.807, 2.05) is 62.4 Å². The summed E-state index contributed by atoms with van der Waals surface area (Å²) in [4.78, 5) is 35.2. The van der Waals surface area contributed by atoms with Gasteiger partial charge in [-0.25, -0.2) is 9.97 Å². The minimum absolute atomic E-state index is 0.0403. The lowest BCUT2D eigenvalue weighted by Gasteiger charge is -2.11. The van der Waals surface area contributed by atoms with E-state index < -0.39 is 0 Å². The lowest BCUT2D eigenvalue weighted by Crippen LogP contribution is -2.13. The molecule has 1 aromatic heterocycles. The van der Waals surface area contributed by atoms with E-state index in [4.69, 9.17) is 9.97 Å². The first-order valence-electron chi connectivity index (χ1n) is 9.94. The van der Waals surface area contributed by atoms with Crippen molar-refractivity contribution in [2.24, 2.45) is 0 Å². The van der Waals surface area contributed by atoms with Crippen LogP contribution in [0, 0.1) is 13.8 Å². The Morgan fingerprint density at radius 1 is 0.633 bits per heavy atom. The highest BCUT2D eigenvalue weighted by Gasteiger charge is 2.18. The number of hydrogen-bond acceptors (Lipinski definition) is 4. The van der Waals surface area contributed by atoms with Gasteiger partial charge in [-0.3, -0.25) is 9.59 Å². The molecule has 4 rings (SSSR count). The van der Waals surface area contributed by atoms with Crippen molar-refractivity contribution in [2.75, 3.05) is 0 Å². The van der Waals surface area contributed by atoms with Gasteiger partial charge in [0.15, 0.2) is 11.6 Å². The molecule has 4 heteroatoms. The van der Waals surface area contributed by atoms with E-state index in [2.05, 4.69) is 0 Å². The fourth-order valence-corrected chi connectivity index (χ4v) is 3.42. The standard InChI is InChI=1S/C26H22N2O2/c1-17-13-21-22(14-18(17)2)28-24(16-26(30)20-11-7-4-8-12-20)23(27-21)15-25(29)19-9-5-3-6-10-19/h3-14H,15-16H2,1-2H3. The second-order valence-corrected chi connectivity index (χ2v) is 7.47. The van der Waals surface area contributed by atoms with Crippen molar-refractivity contribution in [3.8, 4) is 0 Å². The van der Waals surface area contributed by atoms with E-state index in [0.29, 0.717) is 22.5 Å². The maximum absolute atomic E-state index is 12.8. The number of Topliss-reactive ketones (excluding diaryl/α,β-unsaturated/α-hetero) is 2. The predicted molar refractivity (Wildman–Crippen MR) is 118 cm³/mol. The molecule has 0 amide bonds. The quantitative estimate of drug-likeness (QED) is 0.427. The topological polar surface area (TPSA) is 59.9 Å². The second-order valence-electron chi connectivity index (χ2n) is 7.47. The summed E-state index contributed by atoms with van der Waals surface area (Å²) in [5.74, 6) is -0.0806. The van der Waals surface area contributed by atoms with Crippen LogP contribution in [0.3, 0.4) is 0 Å². The summed E-state index contributed by atoms with van der Waals surface area (Å²) in [6, 6.07) is 22.2. The summed E-state index contributed by atoms with van der Waals surface area (Å²) in [5.41, 5.74) is 6.08. The number of rotatable bonds is 6. The zero-order valence-electron chi connectivity index (χ0n) is 17.1. The number of benzene rings is 3. The number of ketones is 2. The summed E-state index contributed by atoms with van der Waals surface area (Å²) in [6.45, 7) is 4.05. The monoisotopic (exact) mass is 394 g/mol. The molecule has 0 unspecified atom stereocenters. The van der Waals surface area contributed by atoms with Gasteiger partial charge < -0.3 is 0 Å². The molecule has 0 aliphatic heterocycles. The van der Waals surface area contributed by atoms with Crippen LogP contribution in [0.4, 0.5) is 0 Å². The first-order valence-corrected chi connectivity index (χ1v) is 9.94. The van der Waals surface area contributed by atoms with E-state index >= 15 is 0 Å². The largest absolute Gasteiger partial charge is 0.294 e. The minimum Gasteiger partial charge on any atom is -0.294 e. The van der Waals surface area contributed by atoms with Crippen LogP contribution >= 0.6 is 0 Å². The number of aromatic nitrogens is 2. The van der Waals surface area contributed by atoms with Gasteiger partial charge in [0.05, 0.1) is 35.3 Å². The molecule has 0 saturated heterocycles. The highest BCUT2D eigenvalue weighted by atomic mass is 16.1. The Bertz CT molecular complexity index is 1130. The van der Waals surface area contributed by atoms with Gasteiger partial charge in [0, 0.05) is 11.1 Å². The van der Waals surface area contributed by atoms with Gasteiger partial charge >= 0.3 is 0 Å². The zero-order chi connectivity index (χ0) is 21.1. The van der Waals surface area contributed by atoms with Crippen molar-refractivity contribution in [3.63, 3.8) is 0 Å². The van der Waals surface area contributed by atoms with Crippen molar-refractivity contribution >= 4 is 22.6 Å². The van der Waals surface area contributed by atoms with Crippen LogP contribution in [0.1, 0.15) is 43.2 Å². The number of fused-ring (bicyclic) bond motifs is 1. The molecular weight excluding hydrogens is 372 g/mol. The molecule has 1 heterocycles. The lowest BCUT2D eigenvalue weighted by molar-refractivity contribution is 0.0977. The molecule has 0 atom stereocenters. The summed E-state index contributed by atoms with van der Waals surface area (Å²) in [7, 11) is 0. The molecule has 0 N–H and O–H groups in total. The fraction of sp³-hybridized carbons (Fsp3) is 0.154. The van der Waals surface area contributed by atoms with Crippen LogP contribution in [-0.4, -0.2) is 21.5 Å². The van der Waals surface area contributed by atoms with Crippen LogP contribution in [0.15, 0.2) is 72.8 Å². The molecule has 0 spiro atoms. The van der Waals surface area contributed by atoms with Gasteiger partial charge in [0.1, 0.15) is 0 Å². The van der Waals surface area contributed by atoms with E-state index in [0.717, 1.165) is 22.2 Å². The summed E-state index contributed by atoms with van der Waals surface area (Å²) in [6.07, 6.45) is 0.217. The Morgan fingerprint density at radius 3 is 1.37 bits per heavy atom. The Morgan fingerprint density at radius 2 is 1.00 bits per heavy atom. The molecule has 0 aliphatic rings. The van der Waals surface area contributed by atoms with Crippen molar-refractivity contribution in [3.05, 3.63) is 106 Å². The van der Waals surface area contributed by atoms with Gasteiger partial charge in [0.25, 0.3) is 0 Å². The highest BCUT2D eigenvalue weighted by Crippen LogP contribution is 2.20.